The van der Waals surface area contributed by atoms with Crippen molar-refractivity contribution in [2.45, 2.75) is 6.42 Å². The minimum absolute atomic E-state index is 0.136. The van der Waals surface area contributed by atoms with Crippen molar-refractivity contribution in [2.24, 2.45) is 10.2 Å². The lowest BCUT2D eigenvalue weighted by atomic mass is 10.0. The number of non-ortho nitro benzene ring substituents is 1. The number of nitro benzene ring substituents is 1. The van der Waals surface area contributed by atoms with Crippen LogP contribution in [0.1, 0.15) is 27.9 Å². The third-order valence-electron chi connectivity index (χ3n) is 4.51. The number of benzene rings is 3. The first-order valence-electron chi connectivity index (χ1n) is 9.61. The van der Waals surface area contributed by atoms with E-state index in [1.165, 1.54) is 31.4 Å². The minimum atomic E-state index is -0.788. The van der Waals surface area contributed by atoms with Crippen molar-refractivity contribution >= 4 is 28.9 Å². The number of esters is 1. The van der Waals surface area contributed by atoms with E-state index in [1.807, 2.05) is 60.7 Å². The van der Waals surface area contributed by atoms with E-state index in [9.17, 15) is 19.7 Å². The van der Waals surface area contributed by atoms with Gasteiger partial charge in [0.15, 0.2) is 11.5 Å². The van der Waals surface area contributed by atoms with Crippen molar-refractivity contribution in [1.82, 2.24) is 0 Å². The molecule has 3 aromatic carbocycles. The number of rotatable bonds is 8. The Bertz CT molecular complexity index is 1130. The average Bonchev–Trinajstić information content (AvgIpc) is 2.84. The van der Waals surface area contributed by atoms with E-state index in [1.54, 1.807) is 0 Å². The van der Waals surface area contributed by atoms with Crippen LogP contribution < -0.4 is 0 Å². The lowest BCUT2D eigenvalue weighted by molar-refractivity contribution is -0.384. The summed E-state index contributed by atoms with van der Waals surface area (Å²) in [6.45, 7) is 0. The van der Waals surface area contributed by atoms with Gasteiger partial charge in [0.1, 0.15) is 5.71 Å². The fourth-order valence-electron chi connectivity index (χ4n) is 2.87. The summed E-state index contributed by atoms with van der Waals surface area (Å²) in [5, 5.41) is 19.1. The van der Waals surface area contributed by atoms with E-state index in [-0.39, 0.29) is 23.4 Å². The number of nitro groups is 1. The van der Waals surface area contributed by atoms with E-state index < -0.39 is 16.7 Å². The molecule has 3 rings (SSSR count). The quantitative estimate of drug-likeness (QED) is 0.175. The molecule has 0 fully saturated rings. The second-order valence-corrected chi connectivity index (χ2v) is 6.62. The van der Waals surface area contributed by atoms with Gasteiger partial charge < -0.3 is 4.74 Å². The molecule has 0 spiro atoms. The number of carbonyl (C=O) groups is 2. The predicted octanol–water partition coefficient (Wildman–Crippen LogP) is 4.23. The molecule has 0 radical (unpaired) electrons. The molecule has 32 heavy (non-hydrogen) atoms. The van der Waals surface area contributed by atoms with Crippen LogP contribution in [0.5, 0.6) is 0 Å². The summed E-state index contributed by atoms with van der Waals surface area (Å²) in [6, 6.07) is 23.7. The molecule has 0 N–H and O–H groups in total. The summed E-state index contributed by atoms with van der Waals surface area (Å²) in [6.07, 6.45) is -0.370. The topological polar surface area (TPSA) is 111 Å². The molecular weight excluding hydrogens is 410 g/mol. The van der Waals surface area contributed by atoms with Gasteiger partial charge in [-0.05, 0) is 12.1 Å². The maximum absolute atomic E-state index is 12.6. The lowest BCUT2D eigenvalue weighted by Crippen LogP contribution is -2.20. The van der Waals surface area contributed by atoms with Gasteiger partial charge in [-0.25, -0.2) is 4.79 Å². The fourth-order valence-corrected chi connectivity index (χ4v) is 2.87. The van der Waals surface area contributed by atoms with Gasteiger partial charge in [-0.2, -0.15) is 0 Å². The highest BCUT2D eigenvalue weighted by atomic mass is 16.6. The molecule has 160 valence electrons. The molecule has 3 aromatic rings. The molecule has 0 heterocycles. The summed E-state index contributed by atoms with van der Waals surface area (Å²) < 4.78 is 4.76. The van der Waals surface area contributed by atoms with Gasteiger partial charge in [0.05, 0.1) is 18.5 Å². The molecule has 0 aliphatic heterocycles. The maximum atomic E-state index is 12.6. The molecule has 0 unspecified atom stereocenters. The zero-order valence-electron chi connectivity index (χ0n) is 17.2. The number of hydrogen-bond acceptors (Lipinski definition) is 7. The van der Waals surface area contributed by atoms with Crippen molar-refractivity contribution in [3.63, 3.8) is 0 Å². The normalized spacial score (nSPS) is 10.8. The minimum Gasteiger partial charge on any atom is -0.464 e. The molecule has 0 atom stereocenters. The Morgan fingerprint density at radius 2 is 1.34 bits per heavy atom. The van der Waals surface area contributed by atoms with Gasteiger partial charge in [-0.3, -0.25) is 14.9 Å². The molecule has 0 aliphatic carbocycles. The monoisotopic (exact) mass is 429 g/mol. The van der Waals surface area contributed by atoms with Crippen molar-refractivity contribution < 1.29 is 19.2 Å². The Kier molecular flexibility index (Phi) is 7.32. The van der Waals surface area contributed by atoms with E-state index in [0.717, 1.165) is 11.1 Å². The van der Waals surface area contributed by atoms with E-state index >= 15 is 0 Å². The largest absolute Gasteiger partial charge is 0.464 e. The van der Waals surface area contributed by atoms with Crippen LogP contribution in [-0.4, -0.2) is 35.2 Å². The number of nitrogens with zero attached hydrogens (tertiary/aromatic N) is 3. The average molecular weight is 429 g/mol. The summed E-state index contributed by atoms with van der Waals surface area (Å²) in [5.74, 6) is -1.23. The molecule has 8 heteroatoms. The third-order valence-corrected chi connectivity index (χ3v) is 4.51. The summed E-state index contributed by atoms with van der Waals surface area (Å²) >= 11 is 0. The van der Waals surface area contributed by atoms with Crippen LogP contribution in [0.25, 0.3) is 0 Å². The second kappa shape index (κ2) is 10.5. The Morgan fingerprint density at radius 3 is 1.81 bits per heavy atom. The summed E-state index contributed by atoms with van der Waals surface area (Å²) in [4.78, 5) is 35.1. The van der Waals surface area contributed by atoms with Crippen LogP contribution in [0.3, 0.4) is 0 Å². The van der Waals surface area contributed by atoms with Gasteiger partial charge in [0.2, 0.25) is 0 Å². The van der Waals surface area contributed by atoms with Crippen LogP contribution in [0.4, 0.5) is 5.69 Å². The molecule has 0 saturated heterocycles. The zero-order chi connectivity index (χ0) is 22.9. The van der Waals surface area contributed by atoms with E-state index in [2.05, 4.69) is 10.2 Å². The first-order chi connectivity index (χ1) is 15.5. The smallest absolute Gasteiger partial charge is 0.354 e. The Labute approximate surface area is 184 Å². The Hall–Kier alpha value is -4.46. The Balaban J connectivity index is 1.95. The molecule has 0 saturated carbocycles. The first-order valence-corrected chi connectivity index (χ1v) is 9.61. The fraction of sp³-hybridized carbons (Fsp3) is 0.0833. The van der Waals surface area contributed by atoms with E-state index in [0.29, 0.717) is 5.71 Å². The summed E-state index contributed by atoms with van der Waals surface area (Å²) in [5.41, 5.74) is 1.99. The highest BCUT2D eigenvalue weighted by molar-refractivity contribution is 6.40. The van der Waals surface area contributed by atoms with Gasteiger partial charge in [-0.1, -0.05) is 60.7 Å². The van der Waals surface area contributed by atoms with Crippen LogP contribution in [0.2, 0.25) is 0 Å². The van der Waals surface area contributed by atoms with Crippen molar-refractivity contribution in [2.75, 3.05) is 7.11 Å². The zero-order valence-corrected chi connectivity index (χ0v) is 17.2. The number of carbonyl (C=O) groups excluding carboxylic acids is 2. The van der Waals surface area contributed by atoms with Crippen LogP contribution >= 0.6 is 0 Å². The maximum Gasteiger partial charge on any atom is 0.354 e. The number of hydrogen-bond donors (Lipinski definition) is 0. The van der Waals surface area contributed by atoms with Crippen molar-refractivity contribution in [3.8, 4) is 0 Å². The van der Waals surface area contributed by atoms with Crippen LogP contribution in [-0.2, 0) is 9.53 Å². The first kappa shape index (κ1) is 22.2. The number of methoxy groups -OCH3 is 1. The van der Waals surface area contributed by atoms with Crippen molar-refractivity contribution in [1.29, 1.82) is 0 Å². The molecule has 0 bridgehead atoms. The van der Waals surface area contributed by atoms with Crippen LogP contribution in [0.15, 0.2) is 95.1 Å². The molecule has 0 amide bonds. The standard InChI is InChI=1S/C24H19N3O5/c1-32-24(29)21(16-22(28)17-12-14-20(15-13-17)27(30)31)25-26-23(18-8-4-2-5-9-18)19-10-6-3-7-11-19/h2-15H,16H2,1H3. The van der Waals surface area contributed by atoms with Gasteiger partial charge in [-0.15, -0.1) is 10.2 Å². The molecule has 0 aliphatic rings. The SMILES string of the molecule is COC(=O)C(CC(=O)c1ccc([N+](=O)[O-])cc1)=NN=C(c1ccccc1)c1ccccc1. The number of ketones is 1. The number of ether oxygens (including phenoxy) is 1. The highest BCUT2D eigenvalue weighted by Gasteiger charge is 2.19. The number of Topliss-reactive ketones (excluding diaryl/α,β-unsaturated/α-hetero) is 1. The summed E-state index contributed by atoms with van der Waals surface area (Å²) in [7, 11) is 1.19. The lowest BCUT2D eigenvalue weighted by Gasteiger charge is -2.07. The second-order valence-electron chi connectivity index (χ2n) is 6.62. The predicted molar refractivity (Wildman–Crippen MR) is 120 cm³/mol. The highest BCUT2D eigenvalue weighted by Crippen LogP contribution is 2.15. The third kappa shape index (κ3) is 5.57. The van der Waals surface area contributed by atoms with Gasteiger partial charge >= 0.3 is 5.97 Å². The van der Waals surface area contributed by atoms with Crippen molar-refractivity contribution in [3.05, 3.63) is 112 Å². The van der Waals surface area contributed by atoms with Crippen LogP contribution in [0, 0.1) is 10.1 Å². The molecule has 0 aromatic heterocycles. The Morgan fingerprint density at radius 1 is 0.812 bits per heavy atom. The van der Waals surface area contributed by atoms with Gasteiger partial charge in [0, 0.05) is 28.8 Å². The molecule has 8 nitrogen and oxygen atoms in total. The van der Waals surface area contributed by atoms with Gasteiger partial charge in [0.25, 0.3) is 5.69 Å². The molecular formula is C24H19N3O5. The van der Waals surface area contributed by atoms with E-state index in [4.69, 9.17) is 4.74 Å².